The minimum Gasteiger partial charge on any atom is -0.469 e. The van der Waals surface area contributed by atoms with Crippen LogP contribution >= 0.6 is 0 Å². The van der Waals surface area contributed by atoms with Crippen LogP contribution in [0.4, 0.5) is 0 Å². The van der Waals surface area contributed by atoms with Crippen molar-refractivity contribution in [1.29, 1.82) is 0 Å². The molecule has 0 spiro atoms. The summed E-state index contributed by atoms with van der Waals surface area (Å²) in [5.41, 5.74) is -1.06. The highest BCUT2D eigenvalue weighted by Crippen LogP contribution is 3.00. The molecule has 8 nitrogen and oxygen atoms in total. The summed E-state index contributed by atoms with van der Waals surface area (Å²) >= 11 is 0. The van der Waals surface area contributed by atoms with E-state index < -0.39 is 34.8 Å². The second-order valence-corrected chi connectivity index (χ2v) is 8.56. The van der Waals surface area contributed by atoms with E-state index in [9.17, 15) is 19.2 Å². The number of carbonyl (C=O) groups is 4. The van der Waals surface area contributed by atoms with Gasteiger partial charge in [-0.15, -0.1) is 0 Å². The van der Waals surface area contributed by atoms with E-state index in [1.807, 2.05) is 0 Å². The molecule has 6 rings (SSSR count). The van der Waals surface area contributed by atoms with Gasteiger partial charge in [0, 0.05) is 25.7 Å². The van der Waals surface area contributed by atoms with Crippen LogP contribution < -0.4 is 0 Å². The van der Waals surface area contributed by atoms with Crippen LogP contribution in [-0.2, 0) is 38.1 Å². The summed E-state index contributed by atoms with van der Waals surface area (Å²) in [7, 11) is 2.65. The van der Waals surface area contributed by atoms with Crippen molar-refractivity contribution < 1.29 is 38.1 Å². The number of fused-ring (bicyclic) bond motifs is 1. The molecule has 8 heteroatoms. The molecule has 0 saturated heterocycles. The number of carbonyl (C=O) groups excluding carboxylic acids is 4. The molecule has 0 unspecified atom stereocenters. The Morgan fingerprint density at radius 3 is 1.67 bits per heavy atom. The van der Waals surface area contributed by atoms with Gasteiger partial charge in [0.1, 0.15) is 12.2 Å². The highest BCUT2D eigenvalue weighted by Gasteiger charge is 3.07. The highest BCUT2D eigenvalue weighted by molar-refractivity contribution is 5.86. The number of rotatable bonds is 5. The fourth-order valence-corrected chi connectivity index (χ4v) is 8.24. The third-order valence-corrected chi connectivity index (χ3v) is 8.33. The van der Waals surface area contributed by atoms with Crippen molar-refractivity contribution >= 4 is 23.9 Å². The molecule has 0 N–H and O–H groups in total. The summed E-state index contributed by atoms with van der Waals surface area (Å²) in [6, 6.07) is 0. The fraction of sp³-hybridized carbons (Fsp3) is 0.789. The zero-order chi connectivity index (χ0) is 19.5. The first-order valence-electron chi connectivity index (χ1n) is 9.28. The molecular formula is C19H22O8. The maximum absolute atomic E-state index is 12.5. The molecule has 0 aliphatic heterocycles. The maximum atomic E-state index is 12.5. The predicted octanol–water partition coefficient (Wildman–Crippen LogP) is 0.181. The van der Waals surface area contributed by atoms with E-state index in [0.717, 1.165) is 0 Å². The Bertz CT molecular complexity index is 767. The monoisotopic (exact) mass is 378 g/mol. The fourth-order valence-electron chi connectivity index (χ4n) is 8.24. The molecule has 0 heterocycles. The molecule has 0 aromatic carbocycles. The van der Waals surface area contributed by atoms with Crippen LogP contribution in [0.15, 0.2) is 0 Å². The Morgan fingerprint density at radius 1 is 0.778 bits per heavy atom. The summed E-state index contributed by atoms with van der Waals surface area (Å²) in [5.74, 6) is -2.50. The lowest BCUT2D eigenvalue weighted by Gasteiger charge is -3.01. The molecule has 2 bridgehead atoms. The normalized spacial score (nSPS) is 51.3. The topological polar surface area (TPSA) is 105 Å². The minimum atomic E-state index is -0.655. The largest absolute Gasteiger partial charge is 0.469 e. The lowest BCUT2D eigenvalue weighted by Crippen LogP contribution is -3.08. The van der Waals surface area contributed by atoms with Crippen molar-refractivity contribution in [2.45, 2.75) is 19.4 Å². The van der Waals surface area contributed by atoms with Crippen LogP contribution in [0.1, 0.15) is 13.8 Å². The molecule has 0 radical (unpaired) electrons. The van der Waals surface area contributed by atoms with Gasteiger partial charge < -0.3 is 18.9 Å². The van der Waals surface area contributed by atoms with Crippen molar-refractivity contribution in [3.05, 3.63) is 0 Å². The number of ether oxygens (including phenoxy) is 4. The Labute approximate surface area is 155 Å². The second-order valence-electron chi connectivity index (χ2n) is 8.56. The molecule has 6 aliphatic rings. The molecule has 0 aromatic heterocycles. The summed E-state index contributed by atoms with van der Waals surface area (Å²) in [6.45, 7) is 2.92. The first-order valence-corrected chi connectivity index (χ1v) is 9.28. The number of methoxy groups -OCH3 is 2. The molecular weight excluding hydrogens is 356 g/mol. The third kappa shape index (κ3) is 1.42. The predicted molar refractivity (Wildman–Crippen MR) is 85.5 cm³/mol. The number of hydrogen-bond donors (Lipinski definition) is 0. The van der Waals surface area contributed by atoms with Crippen molar-refractivity contribution in [2.75, 3.05) is 20.8 Å². The van der Waals surface area contributed by atoms with Crippen molar-refractivity contribution in [3.8, 4) is 0 Å². The van der Waals surface area contributed by atoms with Crippen LogP contribution in [0.5, 0.6) is 0 Å². The lowest BCUT2D eigenvalue weighted by molar-refractivity contribution is -0.592. The SMILES string of the molecule is COC(=O)[C@@H]1C2[C@@H]3[C@@H]4C([C@@H]1C(=O)OC)[C@H]1[C@@H]2C3(OC(C)=O)C41COC(C)=O. The van der Waals surface area contributed by atoms with Gasteiger partial charge in [-0.1, -0.05) is 0 Å². The molecule has 6 aliphatic carbocycles. The van der Waals surface area contributed by atoms with Crippen molar-refractivity contribution in [3.63, 3.8) is 0 Å². The first-order chi connectivity index (χ1) is 12.8. The lowest BCUT2D eigenvalue weighted by atomic mass is 9.02. The van der Waals surface area contributed by atoms with Gasteiger partial charge in [0.25, 0.3) is 0 Å². The van der Waals surface area contributed by atoms with Gasteiger partial charge in [-0.3, -0.25) is 19.2 Å². The van der Waals surface area contributed by atoms with Gasteiger partial charge in [0.15, 0.2) is 0 Å². The molecule has 6 fully saturated rings. The maximum Gasteiger partial charge on any atom is 0.309 e. The van der Waals surface area contributed by atoms with E-state index in [1.54, 1.807) is 0 Å². The molecule has 6 atom stereocenters. The van der Waals surface area contributed by atoms with E-state index >= 15 is 0 Å². The average Bonchev–Trinajstić information content (AvgIpc) is 2.63. The highest BCUT2D eigenvalue weighted by atomic mass is 16.6. The van der Waals surface area contributed by atoms with Gasteiger partial charge in [-0.2, -0.15) is 0 Å². The standard InChI is InChI=1S/C19H22O8/c1-6(20)26-5-18-12-10-8(16(22)24-3)9(17(23)25-4)11-14(12)19(18,27-7(2)21)15(11)13(10)18/h8-15H,5H2,1-4H3/t8-,9+,10?,11?,12+,13+,14-,15-,18?,19?/m1/s1. The van der Waals surface area contributed by atoms with E-state index in [2.05, 4.69) is 0 Å². The van der Waals surface area contributed by atoms with E-state index in [1.165, 1.54) is 28.1 Å². The van der Waals surface area contributed by atoms with Gasteiger partial charge in [0.05, 0.1) is 31.5 Å². The summed E-state index contributed by atoms with van der Waals surface area (Å²) < 4.78 is 21.1. The average molecular weight is 378 g/mol. The molecule has 27 heavy (non-hydrogen) atoms. The van der Waals surface area contributed by atoms with E-state index in [4.69, 9.17) is 18.9 Å². The van der Waals surface area contributed by atoms with Crippen LogP contribution in [-0.4, -0.2) is 50.3 Å². The summed E-state index contributed by atoms with van der Waals surface area (Å²) in [5, 5.41) is 0. The van der Waals surface area contributed by atoms with Crippen LogP contribution in [0.3, 0.4) is 0 Å². The minimum absolute atomic E-state index is 0.0157. The van der Waals surface area contributed by atoms with Gasteiger partial charge >= 0.3 is 23.9 Å². The molecule has 0 amide bonds. The third-order valence-electron chi connectivity index (χ3n) is 8.33. The Hall–Kier alpha value is -2.12. The molecule has 6 saturated carbocycles. The second kappa shape index (κ2) is 4.83. The Balaban J connectivity index is 1.53. The van der Waals surface area contributed by atoms with Crippen LogP contribution in [0.2, 0.25) is 0 Å². The zero-order valence-electron chi connectivity index (χ0n) is 15.6. The van der Waals surface area contributed by atoms with Gasteiger partial charge in [-0.05, 0) is 23.7 Å². The first kappa shape index (κ1) is 17.0. The van der Waals surface area contributed by atoms with E-state index in [-0.39, 0.29) is 54.1 Å². The van der Waals surface area contributed by atoms with Crippen LogP contribution in [0.25, 0.3) is 0 Å². The quantitative estimate of drug-likeness (QED) is 0.493. The smallest absolute Gasteiger partial charge is 0.309 e. The number of esters is 4. The van der Waals surface area contributed by atoms with Gasteiger partial charge in [0.2, 0.25) is 0 Å². The van der Waals surface area contributed by atoms with Gasteiger partial charge in [-0.25, -0.2) is 0 Å². The summed E-state index contributed by atoms with van der Waals surface area (Å²) in [4.78, 5) is 48.2. The summed E-state index contributed by atoms with van der Waals surface area (Å²) in [6.07, 6.45) is 0. The van der Waals surface area contributed by atoms with E-state index in [0.29, 0.717) is 0 Å². The zero-order valence-corrected chi connectivity index (χ0v) is 15.6. The Morgan fingerprint density at radius 2 is 1.26 bits per heavy atom. The molecule has 146 valence electrons. The molecule has 0 aromatic rings. The number of hydrogen-bond acceptors (Lipinski definition) is 8. The Kier molecular flexibility index (Phi) is 3.04. The van der Waals surface area contributed by atoms with Crippen molar-refractivity contribution in [2.24, 2.45) is 52.8 Å². The van der Waals surface area contributed by atoms with Crippen LogP contribution in [0, 0.1) is 52.8 Å². The van der Waals surface area contributed by atoms with Crippen molar-refractivity contribution in [1.82, 2.24) is 0 Å².